The standard InChI is InChI=1S/C6H12IN3/c1-2-8-6-9-3-4-10(6)5-7/h2-5H2,1H3,(H,8,9). The fraction of sp³-hybridized carbons (Fsp3) is 0.833. The molecule has 1 aliphatic rings. The third kappa shape index (κ3) is 1.74. The molecule has 0 radical (unpaired) electrons. The highest BCUT2D eigenvalue weighted by molar-refractivity contribution is 14.1. The van der Waals surface area contributed by atoms with E-state index >= 15 is 0 Å². The lowest BCUT2D eigenvalue weighted by atomic mass is 10.6. The number of guanidine groups is 1. The van der Waals surface area contributed by atoms with E-state index < -0.39 is 0 Å². The van der Waals surface area contributed by atoms with Crippen LogP contribution in [0.2, 0.25) is 0 Å². The van der Waals surface area contributed by atoms with E-state index in [1.165, 1.54) is 0 Å². The van der Waals surface area contributed by atoms with Gasteiger partial charge in [0.15, 0.2) is 5.96 Å². The van der Waals surface area contributed by atoms with Crippen LogP contribution in [-0.2, 0) is 0 Å². The Morgan fingerprint density at radius 3 is 3.20 bits per heavy atom. The van der Waals surface area contributed by atoms with E-state index in [-0.39, 0.29) is 0 Å². The Bertz CT molecular complexity index is 135. The molecule has 10 heavy (non-hydrogen) atoms. The molecule has 1 rings (SSSR count). The first-order valence-electron chi connectivity index (χ1n) is 3.47. The highest BCUT2D eigenvalue weighted by Crippen LogP contribution is 2.01. The van der Waals surface area contributed by atoms with Crippen molar-refractivity contribution in [2.45, 2.75) is 6.92 Å². The Kier molecular flexibility index (Phi) is 3.24. The van der Waals surface area contributed by atoms with Gasteiger partial charge in [0.05, 0.1) is 11.1 Å². The van der Waals surface area contributed by atoms with Crippen LogP contribution in [0.1, 0.15) is 6.92 Å². The summed E-state index contributed by atoms with van der Waals surface area (Å²) in [5.41, 5.74) is 0. The smallest absolute Gasteiger partial charge is 0.194 e. The molecule has 0 aromatic rings. The van der Waals surface area contributed by atoms with Crippen LogP contribution in [0.5, 0.6) is 0 Å². The number of nitrogens with one attached hydrogen (secondary N) is 1. The van der Waals surface area contributed by atoms with Crippen molar-refractivity contribution in [3.63, 3.8) is 0 Å². The predicted octanol–water partition coefficient (Wildman–Crippen LogP) is 0.660. The second-order valence-corrected chi connectivity index (χ2v) is 2.80. The SMILES string of the molecule is CCNC1=NCCN1CI. The minimum atomic E-state index is 0.950. The van der Waals surface area contributed by atoms with Crippen molar-refractivity contribution in [2.24, 2.45) is 4.99 Å². The first kappa shape index (κ1) is 8.10. The minimum Gasteiger partial charge on any atom is -0.356 e. The van der Waals surface area contributed by atoms with Crippen molar-refractivity contribution in [3.8, 4) is 0 Å². The van der Waals surface area contributed by atoms with Crippen molar-refractivity contribution in [1.29, 1.82) is 0 Å². The Labute approximate surface area is 75.0 Å². The van der Waals surface area contributed by atoms with Crippen LogP contribution >= 0.6 is 22.6 Å². The average Bonchev–Trinajstić information content (AvgIpc) is 2.36. The average molecular weight is 253 g/mol. The molecule has 0 atom stereocenters. The van der Waals surface area contributed by atoms with Gasteiger partial charge in [0, 0.05) is 13.1 Å². The van der Waals surface area contributed by atoms with Gasteiger partial charge in [-0.1, -0.05) is 22.6 Å². The molecule has 0 unspecified atom stereocenters. The van der Waals surface area contributed by atoms with E-state index in [0.717, 1.165) is 30.1 Å². The van der Waals surface area contributed by atoms with Gasteiger partial charge in [-0.15, -0.1) is 0 Å². The molecular weight excluding hydrogens is 241 g/mol. The fourth-order valence-electron chi connectivity index (χ4n) is 0.925. The van der Waals surface area contributed by atoms with Crippen LogP contribution in [-0.4, -0.2) is 35.0 Å². The normalized spacial score (nSPS) is 17.4. The predicted molar refractivity (Wildman–Crippen MR) is 51.6 cm³/mol. The van der Waals surface area contributed by atoms with Crippen molar-refractivity contribution >= 4 is 28.6 Å². The second-order valence-electron chi connectivity index (χ2n) is 2.12. The molecule has 3 nitrogen and oxygen atoms in total. The number of halogens is 1. The summed E-state index contributed by atoms with van der Waals surface area (Å²) >= 11 is 2.35. The summed E-state index contributed by atoms with van der Waals surface area (Å²) in [4.78, 5) is 6.54. The Morgan fingerprint density at radius 2 is 2.60 bits per heavy atom. The van der Waals surface area contributed by atoms with Gasteiger partial charge in [0.2, 0.25) is 0 Å². The Balaban J connectivity index is 2.40. The second kappa shape index (κ2) is 4.00. The number of alkyl halides is 1. The summed E-state index contributed by atoms with van der Waals surface area (Å²) in [7, 11) is 0. The molecule has 1 N–H and O–H groups in total. The maximum absolute atomic E-state index is 4.30. The zero-order chi connectivity index (χ0) is 7.40. The van der Waals surface area contributed by atoms with Gasteiger partial charge >= 0.3 is 0 Å². The van der Waals surface area contributed by atoms with E-state index in [0.29, 0.717) is 0 Å². The Morgan fingerprint density at radius 1 is 1.80 bits per heavy atom. The zero-order valence-corrected chi connectivity index (χ0v) is 8.26. The summed E-state index contributed by atoms with van der Waals surface area (Å²) in [6.45, 7) is 5.08. The lowest BCUT2D eigenvalue weighted by molar-refractivity contribution is 0.528. The third-order valence-electron chi connectivity index (χ3n) is 1.41. The topological polar surface area (TPSA) is 27.6 Å². The van der Waals surface area contributed by atoms with Crippen LogP contribution in [0.25, 0.3) is 0 Å². The summed E-state index contributed by atoms with van der Waals surface area (Å²) in [5, 5.41) is 3.22. The van der Waals surface area contributed by atoms with E-state index in [1.54, 1.807) is 0 Å². The van der Waals surface area contributed by atoms with Crippen molar-refractivity contribution in [1.82, 2.24) is 10.2 Å². The van der Waals surface area contributed by atoms with Gasteiger partial charge < -0.3 is 10.2 Å². The van der Waals surface area contributed by atoms with Gasteiger partial charge in [0.25, 0.3) is 0 Å². The number of rotatable bonds is 2. The van der Waals surface area contributed by atoms with E-state index in [9.17, 15) is 0 Å². The first-order chi connectivity index (χ1) is 4.88. The van der Waals surface area contributed by atoms with Crippen LogP contribution in [0.4, 0.5) is 0 Å². The van der Waals surface area contributed by atoms with Crippen molar-refractivity contribution < 1.29 is 0 Å². The highest BCUT2D eigenvalue weighted by atomic mass is 127. The fourth-order valence-corrected chi connectivity index (χ4v) is 1.59. The highest BCUT2D eigenvalue weighted by Gasteiger charge is 2.13. The van der Waals surface area contributed by atoms with Gasteiger partial charge in [0.1, 0.15) is 0 Å². The molecule has 1 aliphatic heterocycles. The summed E-state index contributed by atoms with van der Waals surface area (Å²) in [6.07, 6.45) is 0. The van der Waals surface area contributed by atoms with Crippen molar-refractivity contribution in [2.75, 3.05) is 24.2 Å². The molecule has 0 amide bonds. The number of aliphatic imine (C=N–C) groups is 1. The quantitative estimate of drug-likeness (QED) is 0.445. The van der Waals surface area contributed by atoms with Crippen LogP contribution in [0, 0.1) is 0 Å². The lowest BCUT2D eigenvalue weighted by Gasteiger charge is -2.16. The van der Waals surface area contributed by atoms with E-state index in [4.69, 9.17) is 0 Å². The van der Waals surface area contributed by atoms with E-state index in [2.05, 4.69) is 44.7 Å². The zero-order valence-electron chi connectivity index (χ0n) is 6.10. The number of nitrogens with zero attached hydrogens (tertiary/aromatic N) is 2. The third-order valence-corrected chi connectivity index (χ3v) is 2.23. The number of hydrogen-bond acceptors (Lipinski definition) is 3. The van der Waals surface area contributed by atoms with Crippen LogP contribution < -0.4 is 5.32 Å². The monoisotopic (exact) mass is 253 g/mol. The summed E-state index contributed by atoms with van der Waals surface area (Å²) in [6, 6.07) is 0. The maximum Gasteiger partial charge on any atom is 0.194 e. The summed E-state index contributed by atoms with van der Waals surface area (Å²) in [5.74, 6) is 1.07. The molecule has 0 bridgehead atoms. The molecule has 0 aromatic heterocycles. The van der Waals surface area contributed by atoms with E-state index in [1.807, 2.05) is 0 Å². The molecule has 58 valence electrons. The van der Waals surface area contributed by atoms with Gasteiger partial charge in [-0.25, -0.2) is 0 Å². The molecule has 0 aliphatic carbocycles. The van der Waals surface area contributed by atoms with Crippen LogP contribution in [0.3, 0.4) is 0 Å². The molecule has 0 spiro atoms. The van der Waals surface area contributed by atoms with Crippen molar-refractivity contribution in [3.05, 3.63) is 0 Å². The minimum absolute atomic E-state index is 0.950. The number of hydrogen-bond donors (Lipinski definition) is 1. The molecule has 1 heterocycles. The van der Waals surface area contributed by atoms with Gasteiger partial charge in [-0.3, -0.25) is 4.99 Å². The molecule has 0 fully saturated rings. The molecular formula is C6H12IN3. The maximum atomic E-state index is 4.30. The molecule has 0 aromatic carbocycles. The van der Waals surface area contributed by atoms with Gasteiger partial charge in [-0.2, -0.15) is 0 Å². The largest absolute Gasteiger partial charge is 0.356 e. The van der Waals surface area contributed by atoms with Gasteiger partial charge in [-0.05, 0) is 6.92 Å². The van der Waals surface area contributed by atoms with Crippen LogP contribution in [0.15, 0.2) is 4.99 Å². The Hall–Kier alpha value is 0. The molecule has 0 saturated heterocycles. The molecule has 0 saturated carbocycles. The lowest BCUT2D eigenvalue weighted by Crippen LogP contribution is -2.37. The summed E-state index contributed by atoms with van der Waals surface area (Å²) < 4.78 is 1.03. The first-order valence-corrected chi connectivity index (χ1v) is 5.00. The molecule has 4 heteroatoms.